The molecule has 0 amide bonds. The van der Waals surface area contributed by atoms with Crippen molar-refractivity contribution in [2.45, 2.75) is 6.92 Å². The highest BCUT2D eigenvalue weighted by atomic mass is 32.2. The summed E-state index contributed by atoms with van der Waals surface area (Å²) in [6.07, 6.45) is 0. The van der Waals surface area contributed by atoms with Gasteiger partial charge in [0.2, 0.25) is 0 Å². The van der Waals surface area contributed by atoms with Gasteiger partial charge < -0.3 is 18.9 Å². The fraction of sp³-hybridized carbons (Fsp3) is 0.235. The van der Waals surface area contributed by atoms with Gasteiger partial charge in [-0.2, -0.15) is 0 Å². The number of para-hydroxylation sites is 1. The van der Waals surface area contributed by atoms with Crippen LogP contribution in [0.3, 0.4) is 0 Å². The number of benzene rings is 2. The molecule has 2 aromatic carbocycles. The van der Waals surface area contributed by atoms with E-state index in [1.807, 2.05) is 6.07 Å². The van der Waals surface area contributed by atoms with E-state index in [0.29, 0.717) is 30.9 Å². The van der Waals surface area contributed by atoms with Crippen LogP contribution in [0.25, 0.3) is 0 Å². The first kappa shape index (κ1) is 18.0. The number of hydrogen-bond donors (Lipinski definition) is 1. The second-order valence-electron chi connectivity index (χ2n) is 4.88. The molecule has 0 aliphatic carbocycles. The summed E-state index contributed by atoms with van der Waals surface area (Å²) >= 11 is -2.34. The molecule has 7 heteroatoms. The predicted molar refractivity (Wildman–Crippen MR) is 93.6 cm³/mol. The average Bonchev–Trinajstić information content (AvgIpc) is 2.60. The van der Waals surface area contributed by atoms with Gasteiger partial charge in [0.05, 0.1) is 12.2 Å². The van der Waals surface area contributed by atoms with Crippen LogP contribution in [-0.2, 0) is 16.0 Å². The maximum absolute atomic E-state index is 11.6. The summed E-state index contributed by atoms with van der Waals surface area (Å²) in [6.45, 7) is 2.81. The van der Waals surface area contributed by atoms with E-state index in [4.69, 9.17) is 4.74 Å². The van der Waals surface area contributed by atoms with Crippen LogP contribution in [-0.4, -0.2) is 34.4 Å². The Hall–Kier alpha value is -2.38. The van der Waals surface area contributed by atoms with Crippen molar-refractivity contribution in [1.82, 2.24) is 0 Å². The third kappa shape index (κ3) is 5.07. The number of anilines is 2. The summed E-state index contributed by atoms with van der Waals surface area (Å²) in [7, 11) is 0. The second kappa shape index (κ2) is 9.05. The summed E-state index contributed by atoms with van der Waals surface area (Å²) in [5.41, 5.74) is 1.90. The highest BCUT2D eigenvalue weighted by molar-refractivity contribution is 7.80. The first-order valence-electron chi connectivity index (χ1n) is 7.55. The van der Waals surface area contributed by atoms with E-state index in [1.165, 1.54) is 4.31 Å². The van der Waals surface area contributed by atoms with Crippen LogP contribution in [0.5, 0.6) is 0 Å². The van der Waals surface area contributed by atoms with Crippen molar-refractivity contribution < 1.29 is 18.3 Å². The number of rotatable bonds is 8. The molecule has 128 valence electrons. The van der Waals surface area contributed by atoms with Gasteiger partial charge in [0.15, 0.2) is 0 Å². The Balaban J connectivity index is 1.90. The Labute approximate surface area is 143 Å². The normalized spacial score (nSPS) is 11.6. The van der Waals surface area contributed by atoms with Crippen molar-refractivity contribution in [3.63, 3.8) is 0 Å². The fourth-order valence-corrected chi connectivity index (χ4v) is 2.66. The highest BCUT2D eigenvalue weighted by Crippen LogP contribution is 2.15. The highest BCUT2D eigenvalue weighted by Gasteiger charge is 2.07. The van der Waals surface area contributed by atoms with Crippen molar-refractivity contribution >= 4 is 28.6 Å². The molecule has 0 saturated heterocycles. The Bertz CT molecular complexity index is 677. The van der Waals surface area contributed by atoms with E-state index in [2.05, 4.69) is 5.32 Å². The number of ether oxygens (including phenoxy) is 1. The monoisotopic (exact) mass is 347 g/mol. The van der Waals surface area contributed by atoms with Gasteiger partial charge in [-0.3, -0.25) is 4.21 Å². The molecule has 0 fully saturated rings. The maximum Gasteiger partial charge on any atom is 0.338 e. The SMILES string of the molecule is CCOC(=O)c1ccc(NCCN(c2ccccc2)S(=O)[O-])cc1. The number of esters is 1. The molecule has 2 rings (SSSR count). The summed E-state index contributed by atoms with van der Waals surface area (Å²) in [6, 6.07) is 15.7. The van der Waals surface area contributed by atoms with Gasteiger partial charge in [-0.25, -0.2) is 4.79 Å². The Morgan fingerprint density at radius 3 is 2.42 bits per heavy atom. The lowest BCUT2D eigenvalue weighted by atomic mass is 10.2. The number of nitrogens with one attached hydrogen (secondary N) is 1. The van der Waals surface area contributed by atoms with Gasteiger partial charge in [-0.05, 0) is 43.3 Å². The van der Waals surface area contributed by atoms with E-state index in [-0.39, 0.29) is 5.97 Å². The first-order chi connectivity index (χ1) is 11.6. The van der Waals surface area contributed by atoms with E-state index in [0.717, 1.165) is 5.69 Å². The van der Waals surface area contributed by atoms with E-state index < -0.39 is 11.3 Å². The Kier molecular flexibility index (Phi) is 6.77. The fourth-order valence-electron chi connectivity index (χ4n) is 2.12. The van der Waals surface area contributed by atoms with Crippen molar-refractivity contribution in [3.05, 3.63) is 60.2 Å². The van der Waals surface area contributed by atoms with Crippen LogP contribution in [0, 0.1) is 0 Å². The quantitative estimate of drug-likeness (QED) is 0.586. The van der Waals surface area contributed by atoms with E-state index in [9.17, 15) is 13.6 Å². The molecule has 1 atom stereocenters. The molecule has 24 heavy (non-hydrogen) atoms. The molecule has 0 spiro atoms. The van der Waals surface area contributed by atoms with Crippen LogP contribution in [0.2, 0.25) is 0 Å². The van der Waals surface area contributed by atoms with Crippen LogP contribution >= 0.6 is 0 Å². The lowest BCUT2D eigenvalue weighted by Gasteiger charge is -2.26. The molecule has 0 saturated carbocycles. The molecule has 1 N–H and O–H groups in total. The summed E-state index contributed by atoms with van der Waals surface area (Å²) in [4.78, 5) is 11.6. The van der Waals surface area contributed by atoms with Crippen LogP contribution in [0.4, 0.5) is 11.4 Å². The van der Waals surface area contributed by atoms with Crippen LogP contribution in [0.1, 0.15) is 17.3 Å². The molecular formula is C17H19N2O4S-. The van der Waals surface area contributed by atoms with Gasteiger partial charge in [0.25, 0.3) is 0 Å². The molecule has 6 nitrogen and oxygen atoms in total. The minimum absolute atomic E-state index is 0.291. The van der Waals surface area contributed by atoms with Gasteiger partial charge in [0, 0.05) is 35.7 Å². The van der Waals surface area contributed by atoms with Gasteiger partial charge in [-0.15, -0.1) is 0 Å². The topological polar surface area (TPSA) is 81.7 Å². The van der Waals surface area contributed by atoms with E-state index >= 15 is 0 Å². The second-order valence-corrected chi connectivity index (χ2v) is 5.75. The standard InChI is InChI=1S/C17H20N2O4S/c1-2-23-17(20)14-8-10-15(11-9-14)18-12-13-19(24(21)22)16-6-4-3-5-7-16/h3-11,18H,2,12-13H2,1H3,(H,21,22)/p-1. The molecule has 0 bridgehead atoms. The molecular weight excluding hydrogens is 328 g/mol. The predicted octanol–water partition coefficient (Wildman–Crippen LogP) is 2.58. The molecule has 0 aliphatic rings. The molecule has 2 aromatic rings. The minimum atomic E-state index is -2.34. The maximum atomic E-state index is 11.6. The van der Waals surface area contributed by atoms with Gasteiger partial charge in [0.1, 0.15) is 0 Å². The van der Waals surface area contributed by atoms with Crippen LogP contribution < -0.4 is 9.62 Å². The smallest absolute Gasteiger partial charge is 0.338 e. The summed E-state index contributed by atoms with van der Waals surface area (Å²) < 4.78 is 28.9. The third-order valence-electron chi connectivity index (χ3n) is 3.26. The zero-order chi connectivity index (χ0) is 17.4. The Morgan fingerprint density at radius 1 is 1.17 bits per heavy atom. The number of hydrogen-bond acceptors (Lipinski definition) is 5. The van der Waals surface area contributed by atoms with Crippen molar-refractivity contribution in [2.75, 3.05) is 29.3 Å². The van der Waals surface area contributed by atoms with E-state index in [1.54, 1.807) is 55.5 Å². The largest absolute Gasteiger partial charge is 0.755 e. The third-order valence-corrected chi connectivity index (χ3v) is 4.02. The lowest BCUT2D eigenvalue weighted by molar-refractivity contribution is 0.0526. The number of carbonyl (C=O) groups excluding carboxylic acids is 1. The zero-order valence-electron chi connectivity index (χ0n) is 13.3. The molecule has 0 heterocycles. The van der Waals surface area contributed by atoms with Crippen molar-refractivity contribution in [3.8, 4) is 0 Å². The lowest BCUT2D eigenvalue weighted by Crippen LogP contribution is -2.30. The van der Waals surface area contributed by atoms with Crippen LogP contribution in [0.15, 0.2) is 54.6 Å². The summed E-state index contributed by atoms with van der Waals surface area (Å²) in [5, 5.41) is 3.13. The molecule has 1 unspecified atom stereocenters. The Morgan fingerprint density at radius 2 is 1.83 bits per heavy atom. The number of carbonyl (C=O) groups is 1. The molecule has 0 radical (unpaired) electrons. The van der Waals surface area contributed by atoms with Crippen molar-refractivity contribution in [2.24, 2.45) is 0 Å². The number of nitrogens with zero attached hydrogens (tertiary/aromatic N) is 1. The van der Waals surface area contributed by atoms with Gasteiger partial charge in [-0.1, -0.05) is 18.2 Å². The average molecular weight is 347 g/mol. The van der Waals surface area contributed by atoms with Crippen molar-refractivity contribution in [1.29, 1.82) is 0 Å². The first-order valence-corrected chi connectivity index (χ1v) is 8.58. The molecule has 0 aromatic heterocycles. The zero-order valence-corrected chi connectivity index (χ0v) is 14.1. The minimum Gasteiger partial charge on any atom is -0.755 e. The summed E-state index contributed by atoms with van der Waals surface area (Å²) in [5.74, 6) is -0.360. The molecule has 0 aliphatic heterocycles. The van der Waals surface area contributed by atoms with Gasteiger partial charge >= 0.3 is 5.97 Å².